The van der Waals surface area contributed by atoms with E-state index in [0.717, 1.165) is 17.7 Å². The minimum atomic E-state index is -0.496. The molecule has 0 saturated carbocycles. The fraction of sp³-hybridized carbons (Fsp3) is 0.421. The number of methoxy groups -OCH3 is 1. The van der Waals surface area contributed by atoms with Gasteiger partial charge in [-0.2, -0.15) is 0 Å². The molecule has 0 aliphatic carbocycles. The van der Waals surface area contributed by atoms with Gasteiger partial charge in [0, 0.05) is 18.6 Å². The van der Waals surface area contributed by atoms with E-state index in [4.69, 9.17) is 14.2 Å². The van der Waals surface area contributed by atoms with Crippen molar-refractivity contribution in [1.82, 2.24) is 0 Å². The summed E-state index contributed by atoms with van der Waals surface area (Å²) in [5.74, 6) is 0.396. The van der Waals surface area contributed by atoms with Crippen LogP contribution in [0.25, 0.3) is 11.1 Å². The third kappa shape index (κ3) is 3.71. The van der Waals surface area contributed by atoms with E-state index < -0.39 is 5.79 Å². The second kappa shape index (κ2) is 6.30. The normalized spacial score (nSPS) is 19.7. The van der Waals surface area contributed by atoms with Gasteiger partial charge in [-0.3, -0.25) is 0 Å². The quantitative estimate of drug-likeness (QED) is 0.813. The molecule has 2 heterocycles. The molecule has 2 aromatic rings. The number of hydrogen-bond donors (Lipinski definition) is 0. The number of nitrogens with zero attached hydrogens (tertiary/aromatic N) is 1. The summed E-state index contributed by atoms with van der Waals surface area (Å²) in [6.07, 6.45) is 4.94. The second-order valence-corrected chi connectivity index (χ2v) is 6.43. The Balaban J connectivity index is 1.86. The highest BCUT2D eigenvalue weighted by molar-refractivity contribution is 5.65. The van der Waals surface area contributed by atoms with Gasteiger partial charge >= 0.3 is 0 Å². The number of benzene rings is 1. The summed E-state index contributed by atoms with van der Waals surface area (Å²) in [6.45, 7) is 4.51. The third-order valence-electron chi connectivity index (χ3n) is 4.11. The van der Waals surface area contributed by atoms with Crippen molar-refractivity contribution in [2.24, 2.45) is 7.05 Å². The molecule has 0 bridgehead atoms. The molecule has 1 saturated heterocycles. The van der Waals surface area contributed by atoms with Crippen LogP contribution in [-0.4, -0.2) is 25.6 Å². The number of aryl methyl sites for hydroxylation is 1. The molecular weight excluding hydrogens is 290 g/mol. The Morgan fingerprint density at radius 2 is 1.91 bits per heavy atom. The van der Waals surface area contributed by atoms with Gasteiger partial charge in [-0.25, -0.2) is 4.57 Å². The van der Waals surface area contributed by atoms with Crippen LogP contribution >= 0.6 is 0 Å². The maximum atomic E-state index is 5.93. The lowest BCUT2D eigenvalue weighted by atomic mass is 10.00. The van der Waals surface area contributed by atoms with Gasteiger partial charge in [-0.15, -0.1) is 0 Å². The van der Waals surface area contributed by atoms with E-state index in [9.17, 15) is 0 Å². The first-order chi connectivity index (χ1) is 11.0. The minimum Gasteiger partial charge on any atom is -0.496 e. The van der Waals surface area contributed by atoms with Crippen LogP contribution in [-0.2, 0) is 22.9 Å². The van der Waals surface area contributed by atoms with Crippen LogP contribution in [0.15, 0.2) is 42.7 Å². The van der Waals surface area contributed by atoms with Crippen LogP contribution in [0.4, 0.5) is 0 Å². The molecule has 1 aromatic carbocycles. The van der Waals surface area contributed by atoms with E-state index in [2.05, 4.69) is 36.7 Å². The average molecular weight is 314 g/mol. The predicted molar refractivity (Wildman–Crippen MR) is 88.2 cm³/mol. The van der Waals surface area contributed by atoms with Gasteiger partial charge < -0.3 is 14.2 Å². The molecule has 1 fully saturated rings. The van der Waals surface area contributed by atoms with Crippen LogP contribution in [0.1, 0.15) is 19.4 Å². The zero-order valence-corrected chi connectivity index (χ0v) is 14.2. The fourth-order valence-electron chi connectivity index (χ4n) is 2.92. The van der Waals surface area contributed by atoms with E-state index in [1.807, 2.05) is 31.5 Å². The van der Waals surface area contributed by atoms with Crippen molar-refractivity contribution in [3.05, 3.63) is 48.3 Å². The first kappa shape index (κ1) is 16.0. The Hall–Kier alpha value is -1.91. The molecular formula is C19H24NO3+. The number of ether oxygens (including phenoxy) is 3. The van der Waals surface area contributed by atoms with Gasteiger partial charge in [-0.1, -0.05) is 6.07 Å². The second-order valence-electron chi connectivity index (χ2n) is 6.43. The minimum absolute atomic E-state index is 0.0581. The molecule has 23 heavy (non-hydrogen) atoms. The lowest BCUT2D eigenvalue weighted by Gasteiger charge is -2.18. The Labute approximate surface area is 137 Å². The topological polar surface area (TPSA) is 31.6 Å². The van der Waals surface area contributed by atoms with Crippen molar-refractivity contribution in [2.75, 3.05) is 13.7 Å². The Morgan fingerprint density at radius 3 is 2.52 bits per heavy atom. The highest BCUT2D eigenvalue weighted by Crippen LogP contribution is 2.30. The van der Waals surface area contributed by atoms with Gasteiger partial charge in [0.05, 0.1) is 19.8 Å². The van der Waals surface area contributed by atoms with Gasteiger partial charge in [0.25, 0.3) is 0 Å². The SMILES string of the molecule is COc1ccc(-c2cc[n+](C)cc2)cc1CC1COC(C)(C)O1. The van der Waals surface area contributed by atoms with Crippen molar-refractivity contribution in [3.8, 4) is 16.9 Å². The lowest BCUT2D eigenvalue weighted by molar-refractivity contribution is -0.671. The fourth-order valence-corrected chi connectivity index (χ4v) is 2.92. The predicted octanol–water partition coefficient (Wildman–Crippen LogP) is 2.88. The number of aromatic nitrogens is 1. The molecule has 1 aliphatic rings. The van der Waals surface area contributed by atoms with Crippen LogP contribution < -0.4 is 9.30 Å². The van der Waals surface area contributed by atoms with Gasteiger partial charge in [0.2, 0.25) is 0 Å². The largest absolute Gasteiger partial charge is 0.496 e. The third-order valence-corrected chi connectivity index (χ3v) is 4.11. The summed E-state index contributed by atoms with van der Waals surface area (Å²) in [4.78, 5) is 0. The van der Waals surface area contributed by atoms with Gasteiger partial charge in [0.1, 0.15) is 12.8 Å². The Kier molecular flexibility index (Phi) is 4.37. The molecule has 122 valence electrons. The van der Waals surface area contributed by atoms with Crippen LogP contribution in [0.3, 0.4) is 0 Å². The maximum Gasteiger partial charge on any atom is 0.169 e. The first-order valence-electron chi connectivity index (χ1n) is 7.91. The van der Waals surface area contributed by atoms with E-state index in [1.165, 1.54) is 11.1 Å². The standard InChI is InChI=1S/C19H24NO3/c1-19(2)22-13-17(23-19)12-16-11-15(5-6-18(16)21-4)14-7-9-20(3)10-8-14/h5-11,17H,12-13H2,1-4H3/q+1. The molecule has 0 spiro atoms. The lowest BCUT2D eigenvalue weighted by Crippen LogP contribution is -2.25. The summed E-state index contributed by atoms with van der Waals surface area (Å²) in [7, 11) is 3.72. The molecule has 4 heteroatoms. The number of rotatable bonds is 4. The molecule has 0 amide bonds. The summed E-state index contributed by atoms with van der Waals surface area (Å²) in [5.41, 5.74) is 3.51. The van der Waals surface area contributed by atoms with E-state index in [-0.39, 0.29) is 6.10 Å². The van der Waals surface area contributed by atoms with E-state index in [0.29, 0.717) is 6.61 Å². The van der Waals surface area contributed by atoms with Gasteiger partial charge in [0.15, 0.2) is 18.2 Å². The van der Waals surface area contributed by atoms with E-state index >= 15 is 0 Å². The monoisotopic (exact) mass is 314 g/mol. The Bertz CT molecular complexity index is 680. The van der Waals surface area contributed by atoms with Crippen molar-refractivity contribution in [3.63, 3.8) is 0 Å². The summed E-state index contributed by atoms with van der Waals surface area (Å²) < 4.78 is 19.1. The zero-order chi connectivity index (χ0) is 16.4. The maximum absolute atomic E-state index is 5.93. The first-order valence-corrected chi connectivity index (χ1v) is 7.91. The smallest absolute Gasteiger partial charge is 0.169 e. The average Bonchev–Trinajstić information content (AvgIpc) is 2.87. The van der Waals surface area contributed by atoms with Gasteiger partial charge in [-0.05, 0) is 42.7 Å². The molecule has 1 unspecified atom stereocenters. The summed E-state index contributed by atoms with van der Waals surface area (Å²) >= 11 is 0. The van der Waals surface area contributed by atoms with Crippen molar-refractivity contribution in [1.29, 1.82) is 0 Å². The number of hydrogen-bond acceptors (Lipinski definition) is 3. The summed E-state index contributed by atoms with van der Waals surface area (Å²) in [5, 5.41) is 0. The highest BCUT2D eigenvalue weighted by Gasteiger charge is 2.33. The molecule has 1 aromatic heterocycles. The van der Waals surface area contributed by atoms with Crippen LogP contribution in [0.2, 0.25) is 0 Å². The highest BCUT2D eigenvalue weighted by atomic mass is 16.7. The summed E-state index contributed by atoms with van der Waals surface area (Å²) in [6, 6.07) is 10.5. The van der Waals surface area contributed by atoms with Crippen LogP contribution in [0, 0.1) is 0 Å². The van der Waals surface area contributed by atoms with E-state index in [1.54, 1.807) is 7.11 Å². The molecule has 0 radical (unpaired) electrons. The molecule has 1 atom stereocenters. The zero-order valence-electron chi connectivity index (χ0n) is 14.2. The molecule has 0 N–H and O–H groups in total. The van der Waals surface area contributed by atoms with Crippen molar-refractivity contribution < 1.29 is 18.8 Å². The molecule has 4 nitrogen and oxygen atoms in total. The van der Waals surface area contributed by atoms with Crippen molar-refractivity contribution in [2.45, 2.75) is 32.2 Å². The molecule has 3 rings (SSSR count). The molecule has 1 aliphatic heterocycles. The Morgan fingerprint density at radius 1 is 1.17 bits per heavy atom. The van der Waals surface area contributed by atoms with Crippen molar-refractivity contribution >= 4 is 0 Å². The number of pyridine rings is 1. The van der Waals surface area contributed by atoms with Crippen LogP contribution in [0.5, 0.6) is 5.75 Å².